The van der Waals surface area contributed by atoms with Crippen LogP contribution in [0.5, 0.6) is 11.5 Å². The summed E-state index contributed by atoms with van der Waals surface area (Å²) in [4.78, 5) is 12.9. The number of carbonyl (C=O) groups is 1. The fourth-order valence-corrected chi connectivity index (χ4v) is 6.36. The Kier molecular flexibility index (Phi) is 11.0. The highest BCUT2D eigenvalue weighted by molar-refractivity contribution is 9.10. The zero-order valence-corrected chi connectivity index (χ0v) is 27.5. The van der Waals surface area contributed by atoms with Crippen molar-refractivity contribution in [3.05, 3.63) is 115 Å². The van der Waals surface area contributed by atoms with Crippen LogP contribution < -0.4 is 19.2 Å². The molecule has 0 heterocycles. The van der Waals surface area contributed by atoms with Gasteiger partial charge in [-0.3, -0.25) is 9.10 Å². The van der Waals surface area contributed by atoms with Gasteiger partial charge in [-0.25, -0.2) is 13.8 Å². The van der Waals surface area contributed by atoms with Crippen LogP contribution >= 0.6 is 50.7 Å². The zero-order valence-electron chi connectivity index (χ0n) is 22.9. The maximum atomic E-state index is 13.5. The number of hydrazone groups is 1. The van der Waals surface area contributed by atoms with Gasteiger partial charge in [-0.2, -0.15) is 5.10 Å². The van der Waals surface area contributed by atoms with E-state index in [0.717, 1.165) is 15.4 Å². The van der Waals surface area contributed by atoms with Crippen LogP contribution in [0.3, 0.4) is 0 Å². The van der Waals surface area contributed by atoms with Gasteiger partial charge in [0.1, 0.15) is 13.2 Å². The van der Waals surface area contributed by atoms with Crippen LogP contribution in [0.1, 0.15) is 16.7 Å². The summed E-state index contributed by atoms with van der Waals surface area (Å²) < 4.78 is 40.0. The lowest BCUT2D eigenvalue weighted by atomic mass is 10.2. The number of rotatable bonds is 11. The Bertz CT molecular complexity index is 1770. The molecule has 1 N–H and O–H groups in total. The predicted octanol–water partition coefficient (Wildman–Crippen LogP) is 7.65. The van der Waals surface area contributed by atoms with E-state index in [4.69, 9.17) is 44.3 Å². The highest BCUT2D eigenvalue weighted by Gasteiger charge is 2.27. The van der Waals surface area contributed by atoms with Crippen molar-refractivity contribution in [3.63, 3.8) is 0 Å². The lowest BCUT2D eigenvalue weighted by Crippen LogP contribution is -2.39. The molecule has 0 aliphatic rings. The number of halogens is 4. The van der Waals surface area contributed by atoms with Gasteiger partial charge in [0.2, 0.25) is 0 Å². The quantitative estimate of drug-likeness (QED) is 0.127. The molecule has 0 radical (unpaired) electrons. The molecule has 0 aliphatic carbocycles. The second kappa shape index (κ2) is 14.5. The number of carbonyl (C=O) groups excluding carboxylic acids is 1. The summed E-state index contributed by atoms with van der Waals surface area (Å²) in [5, 5.41) is 5.21. The predicted molar refractivity (Wildman–Crippen MR) is 174 cm³/mol. The third-order valence-electron chi connectivity index (χ3n) is 6.01. The first-order valence-corrected chi connectivity index (χ1v) is 16.0. The number of sulfonamides is 1. The van der Waals surface area contributed by atoms with Crippen LogP contribution in [0.25, 0.3) is 0 Å². The summed E-state index contributed by atoms with van der Waals surface area (Å²) in [5.74, 6) is 0.200. The molecule has 0 aliphatic heterocycles. The number of hydrogen-bond donors (Lipinski definition) is 1. The van der Waals surface area contributed by atoms with Crippen molar-refractivity contribution in [2.24, 2.45) is 5.10 Å². The molecule has 4 rings (SSSR count). The van der Waals surface area contributed by atoms with Gasteiger partial charge in [0.05, 0.1) is 38.4 Å². The number of nitrogens with one attached hydrogen (secondary N) is 1. The van der Waals surface area contributed by atoms with Gasteiger partial charge in [0.15, 0.2) is 11.5 Å². The first kappa shape index (κ1) is 32.6. The topological polar surface area (TPSA) is 97.3 Å². The maximum Gasteiger partial charge on any atom is 0.264 e. The lowest BCUT2D eigenvalue weighted by molar-refractivity contribution is -0.119. The summed E-state index contributed by atoms with van der Waals surface area (Å²) >= 11 is 21.7. The Hall–Kier alpha value is -3.28. The fourth-order valence-electron chi connectivity index (χ4n) is 3.87. The fraction of sp³-hybridized carbons (Fsp3) is 0.133. The Balaban J connectivity index is 1.48. The summed E-state index contributed by atoms with van der Waals surface area (Å²) in [5.41, 5.74) is 4.91. The summed E-state index contributed by atoms with van der Waals surface area (Å²) in [6.07, 6.45) is 1.39. The first-order valence-electron chi connectivity index (χ1n) is 12.6. The van der Waals surface area contributed by atoms with Gasteiger partial charge in [-0.05, 0) is 88.6 Å². The van der Waals surface area contributed by atoms with Crippen molar-refractivity contribution >= 4 is 78.6 Å². The van der Waals surface area contributed by atoms with Crippen LogP contribution in [0.4, 0.5) is 5.69 Å². The Morgan fingerprint density at radius 2 is 1.74 bits per heavy atom. The van der Waals surface area contributed by atoms with Crippen molar-refractivity contribution in [2.45, 2.75) is 18.4 Å². The van der Waals surface area contributed by atoms with Crippen molar-refractivity contribution < 1.29 is 22.7 Å². The molecule has 0 fully saturated rings. The van der Waals surface area contributed by atoms with E-state index in [0.29, 0.717) is 36.6 Å². The molecule has 4 aromatic carbocycles. The maximum absolute atomic E-state index is 13.5. The molecule has 0 spiro atoms. The van der Waals surface area contributed by atoms with Crippen LogP contribution in [0.2, 0.25) is 15.1 Å². The Labute approximate surface area is 273 Å². The van der Waals surface area contributed by atoms with Gasteiger partial charge in [-0.1, -0.05) is 64.6 Å². The van der Waals surface area contributed by atoms with E-state index < -0.39 is 22.5 Å². The summed E-state index contributed by atoms with van der Waals surface area (Å²) in [7, 11) is -2.60. The summed E-state index contributed by atoms with van der Waals surface area (Å²) in [6.45, 7) is 1.52. The average Bonchev–Trinajstić information content (AvgIpc) is 2.97. The van der Waals surface area contributed by atoms with Crippen molar-refractivity contribution in [1.82, 2.24) is 5.43 Å². The van der Waals surface area contributed by atoms with E-state index in [9.17, 15) is 13.2 Å². The standard InChI is InChI=1S/C30H25BrCl3N3O5S/c1-19-6-9-24(10-7-19)43(39,40)37(23-5-3-4-22(32)15-23)17-29(38)36-35-16-21-12-25(31)30(28(14-21)41-2)42-18-20-8-11-26(33)27(34)13-20/h3-16H,17-18H2,1-2H3,(H,36,38)/b35-16+. The van der Waals surface area contributed by atoms with Crippen LogP contribution in [-0.2, 0) is 21.4 Å². The van der Waals surface area contributed by atoms with Crippen molar-refractivity contribution in [3.8, 4) is 11.5 Å². The average molecular weight is 726 g/mol. The highest BCUT2D eigenvalue weighted by atomic mass is 79.9. The SMILES string of the molecule is COc1cc(/C=N/NC(=O)CN(c2cccc(Cl)c2)S(=O)(=O)c2ccc(C)cc2)cc(Br)c1OCc1ccc(Cl)c(Cl)c1. The number of nitrogens with zero attached hydrogens (tertiary/aromatic N) is 2. The Morgan fingerprint density at radius 1 is 1.00 bits per heavy atom. The molecule has 0 aromatic heterocycles. The normalized spacial score (nSPS) is 11.4. The molecule has 0 unspecified atom stereocenters. The second-order valence-corrected chi connectivity index (χ2v) is 13.1. The molecule has 224 valence electrons. The first-order chi connectivity index (χ1) is 20.5. The number of hydrogen-bond acceptors (Lipinski definition) is 6. The number of aryl methyl sites for hydroxylation is 1. The van der Waals surface area contributed by atoms with Crippen molar-refractivity contribution in [2.75, 3.05) is 18.0 Å². The van der Waals surface area contributed by atoms with E-state index in [1.165, 1.54) is 31.5 Å². The molecular weight excluding hydrogens is 701 g/mol. The number of ether oxygens (including phenoxy) is 2. The molecular formula is C30H25BrCl3N3O5S. The molecule has 0 bridgehead atoms. The number of anilines is 1. The molecule has 8 nitrogen and oxygen atoms in total. The molecule has 0 atom stereocenters. The summed E-state index contributed by atoms with van der Waals surface area (Å²) in [6, 6.07) is 21.2. The minimum Gasteiger partial charge on any atom is -0.493 e. The van der Waals surface area contributed by atoms with Crippen LogP contribution in [-0.4, -0.2) is 34.2 Å². The number of methoxy groups -OCH3 is 1. The molecule has 0 saturated heterocycles. The molecule has 4 aromatic rings. The minimum absolute atomic E-state index is 0.0350. The molecule has 13 heteroatoms. The lowest BCUT2D eigenvalue weighted by Gasteiger charge is -2.24. The van der Waals surface area contributed by atoms with Gasteiger partial charge in [0, 0.05) is 5.02 Å². The van der Waals surface area contributed by atoms with Gasteiger partial charge >= 0.3 is 0 Å². The van der Waals surface area contributed by atoms with E-state index in [2.05, 4.69) is 26.5 Å². The zero-order chi connectivity index (χ0) is 31.1. The third kappa shape index (κ3) is 8.43. The smallest absolute Gasteiger partial charge is 0.264 e. The van der Waals surface area contributed by atoms with Crippen LogP contribution in [0.15, 0.2) is 93.3 Å². The Morgan fingerprint density at radius 3 is 2.42 bits per heavy atom. The molecule has 0 saturated carbocycles. The molecule has 1 amide bonds. The third-order valence-corrected chi connectivity index (χ3v) is 9.37. The highest BCUT2D eigenvalue weighted by Crippen LogP contribution is 2.37. The number of benzene rings is 4. The van der Waals surface area contributed by atoms with Crippen LogP contribution in [0, 0.1) is 6.92 Å². The van der Waals surface area contributed by atoms with E-state index in [1.54, 1.807) is 60.7 Å². The molecule has 43 heavy (non-hydrogen) atoms. The van der Waals surface area contributed by atoms with Gasteiger partial charge < -0.3 is 9.47 Å². The number of amides is 1. The van der Waals surface area contributed by atoms with E-state index in [1.807, 2.05) is 6.92 Å². The second-order valence-electron chi connectivity index (χ2n) is 9.17. The van der Waals surface area contributed by atoms with E-state index >= 15 is 0 Å². The minimum atomic E-state index is -4.10. The van der Waals surface area contributed by atoms with E-state index in [-0.39, 0.29) is 17.2 Å². The van der Waals surface area contributed by atoms with Crippen molar-refractivity contribution in [1.29, 1.82) is 0 Å². The van der Waals surface area contributed by atoms with Gasteiger partial charge in [-0.15, -0.1) is 0 Å². The monoisotopic (exact) mass is 723 g/mol. The van der Waals surface area contributed by atoms with Gasteiger partial charge in [0.25, 0.3) is 15.9 Å². The largest absolute Gasteiger partial charge is 0.493 e.